The number of alkyl halides is 3. The van der Waals surface area contributed by atoms with Gasteiger partial charge in [-0.15, -0.1) is 0 Å². The number of rotatable bonds is 5. The lowest BCUT2D eigenvalue weighted by Gasteiger charge is -2.22. The van der Waals surface area contributed by atoms with Crippen LogP contribution in [0.15, 0.2) is 23.3 Å². The van der Waals surface area contributed by atoms with Crippen LogP contribution in [0.3, 0.4) is 0 Å². The zero-order chi connectivity index (χ0) is 15.2. The van der Waals surface area contributed by atoms with Crippen molar-refractivity contribution in [3.63, 3.8) is 0 Å². The Kier molecular flexibility index (Phi) is 5.91. The maximum atomic E-state index is 12.1. The molecule has 1 heterocycles. The Hall–Kier alpha value is -1.66. The molecule has 0 atom stereocenters. The number of halogens is 3. The summed E-state index contributed by atoms with van der Waals surface area (Å²) < 4.78 is 38.4. The van der Waals surface area contributed by atoms with Gasteiger partial charge in [0.25, 0.3) is 0 Å². The standard InChI is InChI=1S/C13H21F3N4/c1-4-17-12(18-8-7-13(14,15)16)20(3)10-11-6-5-9-19(11)2/h5-6,9H,4,7-8,10H2,1-3H3,(H,17,18). The third-order valence-electron chi connectivity index (χ3n) is 2.80. The van der Waals surface area contributed by atoms with Crippen molar-refractivity contribution in [3.05, 3.63) is 24.0 Å². The van der Waals surface area contributed by atoms with Gasteiger partial charge in [0.05, 0.1) is 19.5 Å². The maximum absolute atomic E-state index is 12.1. The van der Waals surface area contributed by atoms with Crippen LogP contribution < -0.4 is 5.32 Å². The highest BCUT2D eigenvalue weighted by atomic mass is 19.4. The van der Waals surface area contributed by atoms with E-state index in [0.29, 0.717) is 19.0 Å². The van der Waals surface area contributed by atoms with Gasteiger partial charge in [-0.05, 0) is 19.1 Å². The van der Waals surface area contributed by atoms with Crippen molar-refractivity contribution in [1.29, 1.82) is 0 Å². The van der Waals surface area contributed by atoms with Crippen LogP contribution in [-0.4, -0.2) is 41.7 Å². The summed E-state index contributed by atoms with van der Waals surface area (Å²) >= 11 is 0. The molecule has 1 aromatic rings. The monoisotopic (exact) mass is 290 g/mol. The van der Waals surface area contributed by atoms with E-state index in [0.717, 1.165) is 5.69 Å². The van der Waals surface area contributed by atoms with Crippen molar-refractivity contribution in [2.45, 2.75) is 26.1 Å². The molecule has 114 valence electrons. The van der Waals surface area contributed by atoms with Crippen LogP contribution in [0.2, 0.25) is 0 Å². The van der Waals surface area contributed by atoms with E-state index in [-0.39, 0.29) is 6.54 Å². The lowest BCUT2D eigenvalue weighted by atomic mass is 10.4. The molecule has 0 amide bonds. The average molecular weight is 290 g/mol. The first-order valence-corrected chi connectivity index (χ1v) is 6.50. The number of nitrogens with one attached hydrogen (secondary N) is 1. The molecular weight excluding hydrogens is 269 g/mol. The van der Waals surface area contributed by atoms with Crippen molar-refractivity contribution in [2.24, 2.45) is 12.0 Å². The fourth-order valence-corrected chi connectivity index (χ4v) is 1.74. The molecule has 0 bridgehead atoms. The second-order valence-electron chi connectivity index (χ2n) is 4.57. The van der Waals surface area contributed by atoms with Crippen LogP contribution >= 0.6 is 0 Å². The quantitative estimate of drug-likeness (QED) is 0.667. The lowest BCUT2D eigenvalue weighted by molar-refractivity contribution is -0.132. The fraction of sp³-hybridized carbons (Fsp3) is 0.615. The van der Waals surface area contributed by atoms with Gasteiger partial charge in [0, 0.05) is 32.5 Å². The van der Waals surface area contributed by atoms with Crippen LogP contribution in [0.25, 0.3) is 0 Å². The molecule has 4 nitrogen and oxygen atoms in total. The molecule has 7 heteroatoms. The maximum Gasteiger partial charge on any atom is 0.390 e. The predicted octanol–water partition coefficient (Wildman–Crippen LogP) is 2.37. The van der Waals surface area contributed by atoms with Gasteiger partial charge in [-0.1, -0.05) is 0 Å². The summed E-state index contributed by atoms with van der Waals surface area (Å²) in [5.74, 6) is 0.484. The molecular formula is C13H21F3N4. The Morgan fingerprint density at radius 2 is 2.15 bits per heavy atom. The van der Waals surface area contributed by atoms with Crippen molar-refractivity contribution in [1.82, 2.24) is 14.8 Å². The highest BCUT2D eigenvalue weighted by molar-refractivity contribution is 5.79. The van der Waals surface area contributed by atoms with Gasteiger partial charge in [-0.2, -0.15) is 13.2 Å². The van der Waals surface area contributed by atoms with Crippen LogP contribution in [-0.2, 0) is 13.6 Å². The van der Waals surface area contributed by atoms with E-state index in [4.69, 9.17) is 0 Å². The van der Waals surface area contributed by atoms with Crippen molar-refractivity contribution in [3.8, 4) is 0 Å². The van der Waals surface area contributed by atoms with E-state index < -0.39 is 12.6 Å². The zero-order valence-electron chi connectivity index (χ0n) is 12.0. The third-order valence-corrected chi connectivity index (χ3v) is 2.80. The SMILES string of the molecule is CCNC(=NCCC(F)(F)F)N(C)Cc1cccn1C. The first kappa shape index (κ1) is 16.4. The fourth-order valence-electron chi connectivity index (χ4n) is 1.74. The molecule has 20 heavy (non-hydrogen) atoms. The van der Waals surface area contributed by atoms with E-state index in [9.17, 15) is 13.2 Å². The third kappa shape index (κ3) is 5.54. The molecule has 0 saturated carbocycles. The summed E-state index contributed by atoms with van der Waals surface area (Å²) in [6, 6.07) is 3.90. The van der Waals surface area contributed by atoms with Gasteiger partial charge in [0.15, 0.2) is 5.96 Å². The number of guanidine groups is 1. The van der Waals surface area contributed by atoms with Gasteiger partial charge in [-0.3, -0.25) is 4.99 Å². The Bertz CT molecular complexity index is 437. The van der Waals surface area contributed by atoms with Crippen LogP contribution in [0.4, 0.5) is 13.2 Å². The highest BCUT2D eigenvalue weighted by Gasteiger charge is 2.26. The van der Waals surface area contributed by atoms with E-state index in [1.165, 1.54) is 0 Å². The van der Waals surface area contributed by atoms with Gasteiger partial charge in [-0.25, -0.2) is 0 Å². The van der Waals surface area contributed by atoms with Crippen molar-refractivity contribution < 1.29 is 13.2 Å². The Morgan fingerprint density at radius 1 is 1.45 bits per heavy atom. The summed E-state index contributed by atoms with van der Waals surface area (Å²) in [4.78, 5) is 5.83. The van der Waals surface area contributed by atoms with E-state index in [1.54, 1.807) is 0 Å². The molecule has 0 saturated heterocycles. The number of aryl methyl sites for hydroxylation is 1. The predicted molar refractivity (Wildman–Crippen MR) is 73.5 cm³/mol. The first-order valence-electron chi connectivity index (χ1n) is 6.50. The molecule has 0 aliphatic heterocycles. The number of nitrogens with zero attached hydrogens (tertiary/aromatic N) is 3. The minimum atomic E-state index is -4.17. The molecule has 0 aliphatic carbocycles. The van der Waals surface area contributed by atoms with Gasteiger partial charge in [0.2, 0.25) is 0 Å². The molecule has 0 aromatic carbocycles. The summed E-state index contributed by atoms with van der Waals surface area (Å²) in [6.07, 6.45) is -3.14. The number of aromatic nitrogens is 1. The Labute approximate surface area is 117 Å². The summed E-state index contributed by atoms with van der Waals surface area (Å²) in [7, 11) is 3.74. The minimum Gasteiger partial charge on any atom is -0.357 e. The minimum absolute atomic E-state index is 0.261. The van der Waals surface area contributed by atoms with Crippen molar-refractivity contribution >= 4 is 5.96 Å². The largest absolute Gasteiger partial charge is 0.390 e. The van der Waals surface area contributed by atoms with Crippen LogP contribution in [0, 0.1) is 0 Å². The van der Waals surface area contributed by atoms with Gasteiger partial charge < -0.3 is 14.8 Å². The zero-order valence-corrected chi connectivity index (χ0v) is 12.0. The molecule has 0 unspecified atom stereocenters. The van der Waals surface area contributed by atoms with E-state index in [2.05, 4.69) is 10.3 Å². The summed E-state index contributed by atoms with van der Waals surface area (Å²) in [6.45, 7) is 2.82. The second kappa shape index (κ2) is 7.21. The average Bonchev–Trinajstić information content (AvgIpc) is 2.72. The molecule has 0 fully saturated rings. The lowest BCUT2D eigenvalue weighted by Crippen LogP contribution is -2.39. The second-order valence-corrected chi connectivity index (χ2v) is 4.57. The molecule has 0 radical (unpaired) electrons. The van der Waals surface area contributed by atoms with E-state index in [1.807, 2.05) is 48.8 Å². The number of aliphatic imine (C=N–C) groups is 1. The smallest absolute Gasteiger partial charge is 0.357 e. The molecule has 1 N–H and O–H groups in total. The Balaban J connectivity index is 2.64. The highest BCUT2D eigenvalue weighted by Crippen LogP contribution is 2.19. The van der Waals surface area contributed by atoms with Gasteiger partial charge in [0.1, 0.15) is 0 Å². The van der Waals surface area contributed by atoms with E-state index >= 15 is 0 Å². The normalized spacial score (nSPS) is 12.6. The number of hydrogen-bond acceptors (Lipinski definition) is 1. The van der Waals surface area contributed by atoms with Crippen LogP contribution in [0.1, 0.15) is 19.0 Å². The first-order chi connectivity index (χ1) is 9.33. The molecule has 1 rings (SSSR count). The molecule has 0 spiro atoms. The molecule has 0 aliphatic rings. The van der Waals surface area contributed by atoms with Gasteiger partial charge >= 0.3 is 6.18 Å². The van der Waals surface area contributed by atoms with Crippen molar-refractivity contribution in [2.75, 3.05) is 20.1 Å². The topological polar surface area (TPSA) is 32.6 Å². The molecule has 1 aromatic heterocycles. The Morgan fingerprint density at radius 3 is 2.65 bits per heavy atom. The van der Waals surface area contributed by atoms with Crippen LogP contribution in [0.5, 0.6) is 0 Å². The summed E-state index contributed by atoms with van der Waals surface area (Å²) in [5.41, 5.74) is 1.06. The summed E-state index contributed by atoms with van der Waals surface area (Å²) in [5, 5.41) is 3.00. The number of hydrogen-bond donors (Lipinski definition) is 1.